The van der Waals surface area contributed by atoms with Crippen molar-refractivity contribution in [2.75, 3.05) is 12.4 Å². The lowest BCUT2D eigenvalue weighted by Gasteiger charge is -2.14. The topological polar surface area (TPSA) is 66.9 Å². The van der Waals surface area contributed by atoms with Crippen LogP contribution in [-0.4, -0.2) is 22.9 Å². The van der Waals surface area contributed by atoms with Gasteiger partial charge in [0.25, 0.3) is 5.91 Å². The number of aromatic nitrogens is 2. The molecule has 1 amide bonds. The molecule has 0 aliphatic rings. The fourth-order valence-electron chi connectivity index (χ4n) is 1.94. The van der Waals surface area contributed by atoms with Gasteiger partial charge in [0.2, 0.25) is 0 Å². The molecule has 5 nitrogen and oxygen atoms in total. The van der Waals surface area contributed by atoms with Gasteiger partial charge in [0, 0.05) is 30.7 Å². The lowest BCUT2D eigenvalue weighted by atomic mass is 10.1. The van der Waals surface area contributed by atoms with Gasteiger partial charge < -0.3 is 10.6 Å². The fourth-order valence-corrected chi connectivity index (χ4v) is 1.94. The molecule has 5 heteroatoms. The van der Waals surface area contributed by atoms with Crippen molar-refractivity contribution < 1.29 is 4.79 Å². The number of hydrogen-bond donors (Lipinski definition) is 2. The van der Waals surface area contributed by atoms with E-state index in [-0.39, 0.29) is 11.9 Å². The highest BCUT2D eigenvalue weighted by molar-refractivity contribution is 5.95. The molecule has 0 bridgehead atoms. The summed E-state index contributed by atoms with van der Waals surface area (Å²) in [6, 6.07) is 7.22. The van der Waals surface area contributed by atoms with Gasteiger partial charge >= 0.3 is 0 Å². The highest BCUT2D eigenvalue weighted by Gasteiger charge is 2.12. The zero-order valence-electron chi connectivity index (χ0n) is 11.8. The van der Waals surface area contributed by atoms with E-state index in [9.17, 15) is 4.79 Å². The molecule has 2 heterocycles. The summed E-state index contributed by atoms with van der Waals surface area (Å²) in [4.78, 5) is 20.5. The Morgan fingerprint density at radius 1 is 1.25 bits per heavy atom. The highest BCUT2D eigenvalue weighted by Crippen LogP contribution is 2.14. The lowest BCUT2D eigenvalue weighted by Crippen LogP contribution is -2.26. The molecule has 0 saturated carbocycles. The first kappa shape index (κ1) is 14.0. The van der Waals surface area contributed by atoms with Crippen molar-refractivity contribution in [1.82, 2.24) is 15.3 Å². The molecule has 2 aromatic rings. The number of anilines is 1. The van der Waals surface area contributed by atoms with E-state index in [1.165, 1.54) is 0 Å². The van der Waals surface area contributed by atoms with Crippen LogP contribution in [0.2, 0.25) is 0 Å². The Bertz CT molecular complexity index is 598. The van der Waals surface area contributed by atoms with Crippen LogP contribution in [0.25, 0.3) is 0 Å². The van der Waals surface area contributed by atoms with Crippen LogP contribution in [0, 0.1) is 6.92 Å². The Hall–Kier alpha value is -2.43. The Morgan fingerprint density at radius 3 is 2.60 bits per heavy atom. The van der Waals surface area contributed by atoms with Crippen molar-refractivity contribution in [1.29, 1.82) is 0 Å². The van der Waals surface area contributed by atoms with E-state index in [0.717, 1.165) is 11.3 Å². The first-order valence-corrected chi connectivity index (χ1v) is 6.47. The van der Waals surface area contributed by atoms with Gasteiger partial charge in [-0.1, -0.05) is 0 Å². The van der Waals surface area contributed by atoms with Crippen LogP contribution in [0.4, 0.5) is 5.82 Å². The van der Waals surface area contributed by atoms with Gasteiger partial charge in [-0.05, 0) is 43.7 Å². The SMILES string of the molecule is CNc1cc(C(=O)NC(C)c2ccncc2)cc(C)n1. The van der Waals surface area contributed by atoms with Crippen LogP contribution in [0.3, 0.4) is 0 Å². The van der Waals surface area contributed by atoms with Gasteiger partial charge in [-0.3, -0.25) is 9.78 Å². The van der Waals surface area contributed by atoms with Crippen LogP contribution in [0.1, 0.15) is 34.6 Å². The van der Waals surface area contributed by atoms with Gasteiger partial charge in [-0.15, -0.1) is 0 Å². The van der Waals surface area contributed by atoms with Crippen LogP contribution in [-0.2, 0) is 0 Å². The van der Waals surface area contributed by atoms with Crippen molar-refractivity contribution in [3.8, 4) is 0 Å². The average molecular weight is 270 g/mol. The zero-order chi connectivity index (χ0) is 14.5. The van der Waals surface area contributed by atoms with E-state index in [1.54, 1.807) is 31.6 Å². The number of rotatable bonds is 4. The van der Waals surface area contributed by atoms with Crippen molar-refractivity contribution in [3.05, 3.63) is 53.5 Å². The smallest absolute Gasteiger partial charge is 0.251 e. The predicted molar refractivity (Wildman–Crippen MR) is 78.6 cm³/mol. The molecule has 2 rings (SSSR count). The minimum absolute atomic E-state index is 0.0722. The molecule has 2 aromatic heterocycles. The third kappa shape index (κ3) is 3.32. The van der Waals surface area contributed by atoms with Crippen molar-refractivity contribution in [2.45, 2.75) is 19.9 Å². The molecule has 0 radical (unpaired) electrons. The van der Waals surface area contributed by atoms with Crippen LogP contribution in [0.5, 0.6) is 0 Å². The van der Waals surface area contributed by atoms with Gasteiger partial charge in [-0.2, -0.15) is 0 Å². The molecule has 2 N–H and O–H groups in total. The molecule has 0 fully saturated rings. The van der Waals surface area contributed by atoms with E-state index >= 15 is 0 Å². The monoisotopic (exact) mass is 270 g/mol. The molecular weight excluding hydrogens is 252 g/mol. The Balaban J connectivity index is 2.14. The highest BCUT2D eigenvalue weighted by atomic mass is 16.1. The number of carbonyl (C=O) groups excluding carboxylic acids is 1. The van der Waals surface area contributed by atoms with Crippen LogP contribution >= 0.6 is 0 Å². The van der Waals surface area contributed by atoms with Gasteiger partial charge in [0.1, 0.15) is 5.82 Å². The number of nitrogens with one attached hydrogen (secondary N) is 2. The van der Waals surface area contributed by atoms with E-state index in [4.69, 9.17) is 0 Å². The van der Waals surface area contributed by atoms with E-state index in [1.807, 2.05) is 26.0 Å². The third-order valence-electron chi connectivity index (χ3n) is 3.03. The third-order valence-corrected chi connectivity index (χ3v) is 3.03. The molecule has 1 unspecified atom stereocenters. The number of hydrogen-bond acceptors (Lipinski definition) is 4. The number of carbonyl (C=O) groups is 1. The van der Waals surface area contributed by atoms with E-state index < -0.39 is 0 Å². The molecule has 0 spiro atoms. The van der Waals surface area contributed by atoms with E-state index in [0.29, 0.717) is 11.4 Å². The van der Waals surface area contributed by atoms with Crippen LogP contribution in [0.15, 0.2) is 36.7 Å². The average Bonchev–Trinajstić information content (AvgIpc) is 2.47. The largest absolute Gasteiger partial charge is 0.373 e. The van der Waals surface area contributed by atoms with Gasteiger partial charge in [0.15, 0.2) is 0 Å². The maximum Gasteiger partial charge on any atom is 0.251 e. The lowest BCUT2D eigenvalue weighted by molar-refractivity contribution is 0.0939. The van der Waals surface area contributed by atoms with Crippen molar-refractivity contribution in [3.63, 3.8) is 0 Å². The Kier molecular flexibility index (Phi) is 4.30. The predicted octanol–water partition coefficient (Wildman–Crippen LogP) is 2.32. The second kappa shape index (κ2) is 6.14. The Labute approximate surface area is 118 Å². The second-order valence-electron chi connectivity index (χ2n) is 4.61. The summed E-state index contributed by atoms with van der Waals surface area (Å²) in [6.45, 7) is 3.81. The summed E-state index contributed by atoms with van der Waals surface area (Å²) in [5.41, 5.74) is 2.43. The first-order valence-electron chi connectivity index (χ1n) is 6.47. The molecule has 0 aromatic carbocycles. The molecule has 0 aliphatic carbocycles. The normalized spacial score (nSPS) is 11.8. The summed E-state index contributed by atoms with van der Waals surface area (Å²) in [7, 11) is 1.78. The second-order valence-corrected chi connectivity index (χ2v) is 4.61. The van der Waals surface area contributed by atoms with Gasteiger partial charge in [0.05, 0.1) is 6.04 Å². The number of pyridine rings is 2. The summed E-state index contributed by atoms with van der Waals surface area (Å²) >= 11 is 0. The van der Waals surface area contributed by atoms with Gasteiger partial charge in [-0.25, -0.2) is 4.98 Å². The summed E-state index contributed by atoms with van der Waals surface area (Å²) in [5, 5.41) is 5.92. The van der Waals surface area contributed by atoms with Crippen LogP contribution < -0.4 is 10.6 Å². The first-order chi connectivity index (χ1) is 9.60. The molecular formula is C15H18N4O. The summed E-state index contributed by atoms with van der Waals surface area (Å²) in [6.07, 6.45) is 3.43. The molecule has 104 valence electrons. The zero-order valence-corrected chi connectivity index (χ0v) is 11.8. The van der Waals surface area contributed by atoms with Crippen molar-refractivity contribution in [2.24, 2.45) is 0 Å². The standard InChI is InChI=1S/C15H18N4O/c1-10-8-13(9-14(16-3)18-10)15(20)19-11(2)12-4-6-17-7-5-12/h4-9,11H,1-3H3,(H,16,18)(H,19,20). The maximum absolute atomic E-state index is 12.3. The minimum atomic E-state index is -0.115. The summed E-state index contributed by atoms with van der Waals surface area (Å²) in [5.74, 6) is 0.572. The number of nitrogens with zero attached hydrogens (tertiary/aromatic N) is 2. The molecule has 20 heavy (non-hydrogen) atoms. The quantitative estimate of drug-likeness (QED) is 0.894. The fraction of sp³-hybridized carbons (Fsp3) is 0.267. The number of aryl methyl sites for hydroxylation is 1. The summed E-state index contributed by atoms with van der Waals surface area (Å²) < 4.78 is 0. The minimum Gasteiger partial charge on any atom is -0.373 e. The maximum atomic E-state index is 12.3. The van der Waals surface area contributed by atoms with Crippen molar-refractivity contribution >= 4 is 11.7 Å². The molecule has 0 aliphatic heterocycles. The van der Waals surface area contributed by atoms with E-state index in [2.05, 4.69) is 20.6 Å². The Morgan fingerprint density at radius 2 is 1.95 bits per heavy atom. The molecule has 0 saturated heterocycles. The molecule has 1 atom stereocenters. The number of amides is 1.